The number of hydrogen-bond acceptors (Lipinski definition) is 2. The fraction of sp³-hybridized carbons (Fsp3) is 0.333. The maximum Gasteiger partial charge on any atom is 0.125 e. The van der Waals surface area contributed by atoms with E-state index in [1.54, 1.807) is 0 Å². The molecule has 2 heteroatoms. The van der Waals surface area contributed by atoms with Gasteiger partial charge in [-0.2, -0.15) is 0 Å². The summed E-state index contributed by atoms with van der Waals surface area (Å²) in [6.07, 6.45) is 4.53. The second kappa shape index (κ2) is 3.28. The minimum Gasteiger partial charge on any atom is -0.241 e. The van der Waals surface area contributed by atoms with E-state index in [1.165, 1.54) is 0 Å². The van der Waals surface area contributed by atoms with Gasteiger partial charge in [0, 0.05) is 12.6 Å². The van der Waals surface area contributed by atoms with Crippen LogP contribution in [-0.4, -0.2) is 9.97 Å². The molecule has 0 aliphatic rings. The molecule has 0 fully saturated rings. The molecular formula is C9H12N2. The summed E-state index contributed by atoms with van der Waals surface area (Å²) in [6, 6.07) is 0. The molecule has 1 aromatic heterocycles. The van der Waals surface area contributed by atoms with Gasteiger partial charge in [-0.3, -0.25) is 0 Å². The third kappa shape index (κ3) is 1.87. The minimum absolute atomic E-state index is 0.826. The third-order valence-corrected chi connectivity index (χ3v) is 1.53. The van der Waals surface area contributed by atoms with Gasteiger partial charge in [0.2, 0.25) is 0 Å². The van der Waals surface area contributed by atoms with Crippen LogP contribution in [0, 0.1) is 13.8 Å². The second-order valence-electron chi connectivity index (χ2n) is 2.54. The van der Waals surface area contributed by atoms with Gasteiger partial charge in [0.25, 0.3) is 0 Å². The van der Waals surface area contributed by atoms with Crippen LogP contribution in [0.1, 0.15) is 17.1 Å². The maximum atomic E-state index is 4.28. The van der Waals surface area contributed by atoms with Crippen molar-refractivity contribution in [3.63, 3.8) is 0 Å². The molecule has 0 aliphatic carbocycles. The molecule has 1 aromatic rings. The van der Waals surface area contributed by atoms with Crippen LogP contribution in [0.3, 0.4) is 0 Å². The fourth-order valence-electron chi connectivity index (χ4n) is 0.920. The largest absolute Gasteiger partial charge is 0.241 e. The molecule has 0 spiro atoms. The Labute approximate surface area is 67.0 Å². The number of rotatable bonds is 2. The first kappa shape index (κ1) is 7.92. The fourth-order valence-corrected chi connectivity index (χ4v) is 0.920. The molecule has 0 saturated carbocycles. The lowest BCUT2D eigenvalue weighted by Gasteiger charge is -2.00. The minimum atomic E-state index is 0.826. The van der Waals surface area contributed by atoms with E-state index in [0.29, 0.717) is 0 Å². The first-order valence-electron chi connectivity index (χ1n) is 3.64. The average molecular weight is 148 g/mol. The summed E-state index contributed by atoms with van der Waals surface area (Å²) in [4.78, 5) is 8.36. The Kier molecular flexibility index (Phi) is 2.36. The van der Waals surface area contributed by atoms with Crippen molar-refractivity contribution in [1.82, 2.24) is 9.97 Å². The van der Waals surface area contributed by atoms with Gasteiger partial charge < -0.3 is 0 Å². The number of aryl methyl sites for hydroxylation is 2. The van der Waals surface area contributed by atoms with Crippen molar-refractivity contribution in [1.29, 1.82) is 0 Å². The topological polar surface area (TPSA) is 25.8 Å². The maximum absolute atomic E-state index is 4.28. The van der Waals surface area contributed by atoms with E-state index in [-0.39, 0.29) is 0 Å². The van der Waals surface area contributed by atoms with Gasteiger partial charge in [-0.05, 0) is 19.4 Å². The van der Waals surface area contributed by atoms with Crippen LogP contribution in [0.2, 0.25) is 0 Å². The van der Waals surface area contributed by atoms with Crippen LogP contribution in [-0.2, 0) is 6.42 Å². The molecule has 0 saturated heterocycles. The standard InChI is InChI=1S/C9H12N2/c1-4-5-9-7(2)6-10-8(3)11-9/h4,6H,1,5H2,2-3H3. The van der Waals surface area contributed by atoms with Crippen molar-refractivity contribution in [2.45, 2.75) is 20.3 Å². The zero-order chi connectivity index (χ0) is 8.27. The zero-order valence-electron chi connectivity index (χ0n) is 6.96. The molecule has 1 rings (SSSR count). The van der Waals surface area contributed by atoms with Gasteiger partial charge in [-0.1, -0.05) is 6.08 Å². The monoisotopic (exact) mass is 148 g/mol. The Morgan fingerprint density at radius 1 is 1.55 bits per heavy atom. The molecule has 0 bridgehead atoms. The molecule has 0 unspecified atom stereocenters. The van der Waals surface area contributed by atoms with E-state index in [0.717, 1.165) is 23.5 Å². The summed E-state index contributed by atoms with van der Waals surface area (Å²) in [5.74, 6) is 0.826. The second-order valence-corrected chi connectivity index (χ2v) is 2.54. The number of allylic oxidation sites excluding steroid dienone is 1. The lowest BCUT2D eigenvalue weighted by atomic mass is 10.2. The molecule has 1 heterocycles. The first-order chi connectivity index (χ1) is 5.24. The number of hydrogen-bond donors (Lipinski definition) is 0. The van der Waals surface area contributed by atoms with Crippen molar-refractivity contribution in [3.8, 4) is 0 Å². The Morgan fingerprint density at radius 3 is 2.91 bits per heavy atom. The molecule has 0 atom stereocenters. The van der Waals surface area contributed by atoms with Crippen LogP contribution < -0.4 is 0 Å². The summed E-state index contributed by atoms with van der Waals surface area (Å²) < 4.78 is 0. The quantitative estimate of drug-likeness (QED) is 0.598. The predicted molar refractivity (Wildman–Crippen MR) is 45.4 cm³/mol. The van der Waals surface area contributed by atoms with E-state index in [1.807, 2.05) is 26.1 Å². The molecule has 0 amide bonds. The molecule has 58 valence electrons. The SMILES string of the molecule is C=CCc1nc(C)ncc1C. The molecule has 2 nitrogen and oxygen atoms in total. The zero-order valence-corrected chi connectivity index (χ0v) is 6.96. The van der Waals surface area contributed by atoms with Gasteiger partial charge in [-0.15, -0.1) is 6.58 Å². The van der Waals surface area contributed by atoms with Crippen molar-refractivity contribution in [3.05, 3.63) is 35.9 Å². The molecule has 0 aliphatic heterocycles. The van der Waals surface area contributed by atoms with Gasteiger partial charge in [0.05, 0.1) is 5.69 Å². The molecular weight excluding hydrogens is 136 g/mol. The highest BCUT2D eigenvalue weighted by Gasteiger charge is 1.97. The normalized spacial score (nSPS) is 9.64. The molecule has 0 N–H and O–H groups in total. The van der Waals surface area contributed by atoms with Gasteiger partial charge in [-0.25, -0.2) is 9.97 Å². The van der Waals surface area contributed by atoms with E-state index in [9.17, 15) is 0 Å². The molecule has 0 radical (unpaired) electrons. The highest BCUT2D eigenvalue weighted by molar-refractivity contribution is 5.17. The Morgan fingerprint density at radius 2 is 2.27 bits per heavy atom. The van der Waals surface area contributed by atoms with Crippen LogP contribution in [0.4, 0.5) is 0 Å². The Balaban J connectivity index is 3.01. The summed E-state index contributed by atoms with van der Waals surface area (Å²) in [6.45, 7) is 7.57. The lowest BCUT2D eigenvalue weighted by Crippen LogP contribution is -1.96. The van der Waals surface area contributed by atoms with Crippen molar-refractivity contribution < 1.29 is 0 Å². The third-order valence-electron chi connectivity index (χ3n) is 1.53. The van der Waals surface area contributed by atoms with Gasteiger partial charge in [0.1, 0.15) is 5.82 Å². The molecule has 0 aromatic carbocycles. The summed E-state index contributed by atoms with van der Waals surface area (Å²) >= 11 is 0. The van der Waals surface area contributed by atoms with Crippen molar-refractivity contribution in [2.75, 3.05) is 0 Å². The molecule has 11 heavy (non-hydrogen) atoms. The van der Waals surface area contributed by atoms with Crippen molar-refractivity contribution >= 4 is 0 Å². The Hall–Kier alpha value is -1.18. The summed E-state index contributed by atoms with van der Waals surface area (Å²) in [7, 11) is 0. The smallest absolute Gasteiger partial charge is 0.125 e. The van der Waals surface area contributed by atoms with Crippen LogP contribution in [0.15, 0.2) is 18.9 Å². The van der Waals surface area contributed by atoms with E-state index >= 15 is 0 Å². The predicted octanol–water partition coefficient (Wildman–Crippen LogP) is 1.82. The van der Waals surface area contributed by atoms with E-state index < -0.39 is 0 Å². The highest BCUT2D eigenvalue weighted by Crippen LogP contribution is 2.03. The summed E-state index contributed by atoms with van der Waals surface area (Å²) in [5.41, 5.74) is 2.21. The van der Waals surface area contributed by atoms with Crippen molar-refractivity contribution in [2.24, 2.45) is 0 Å². The van der Waals surface area contributed by atoms with E-state index in [4.69, 9.17) is 0 Å². The van der Waals surface area contributed by atoms with Gasteiger partial charge in [0.15, 0.2) is 0 Å². The van der Waals surface area contributed by atoms with Crippen LogP contribution in [0.25, 0.3) is 0 Å². The summed E-state index contributed by atoms with van der Waals surface area (Å²) in [5, 5.41) is 0. The number of nitrogens with zero attached hydrogens (tertiary/aromatic N) is 2. The number of aromatic nitrogens is 2. The first-order valence-corrected chi connectivity index (χ1v) is 3.64. The average Bonchev–Trinajstić information content (AvgIpc) is 1.98. The van der Waals surface area contributed by atoms with E-state index in [2.05, 4.69) is 16.5 Å². The Bertz CT molecular complexity index is 266. The van der Waals surface area contributed by atoms with Gasteiger partial charge >= 0.3 is 0 Å². The van der Waals surface area contributed by atoms with Crippen LogP contribution in [0.5, 0.6) is 0 Å². The lowest BCUT2D eigenvalue weighted by molar-refractivity contribution is 0.956. The highest BCUT2D eigenvalue weighted by atomic mass is 14.9. The van der Waals surface area contributed by atoms with Crippen LogP contribution >= 0.6 is 0 Å².